The van der Waals surface area contributed by atoms with E-state index in [9.17, 15) is 4.79 Å². The number of anilines is 2. The van der Waals surface area contributed by atoms with Gasteiger partial charge in [0.05, 0.1) is 26.0 Å². The molecule has 3 aromatic heterocycles. The van der Waals surface area contributed by atoms with Gasteiger partial charge in [-0.05, 0) is 49.1 Å². The Balaban J connectivity index is 0.000000511. The van der Waals surface area contributed by atoms with E-state index in [1.807, 2.05) is 35.3 Å². The Kier molecular flexibility index (Phi) is 12.4. The van der Waals surface area contributed by atoms with E-state index >= 15 is 0 Å². The van der Waals surface area contributed by atoms with E-state index in [1.54, 1.807) is 43.6 Å². The number of hydrogen-bond donors (Lipinski definition) is 1. The van der Waals surface area contributed by atoms with Crippen molar-refractivity contribution < 1.29 is 29.9 Å². The molecule has 0 saturated carbocycles. The maximum absolute atomic E-state index is 12.0. The van der Waals surface area contributed by atoms with Crippen LogP contribution < -0.4 is 24.4 Å². The Bertz CT molecular complexity index is 1410. The Hall–Kier alpha value is -4.42. The van der Waals surface area contributed by atoms with E-state index in [1.165, 1.54) is 17.7 Å². The number of methoxy groups -OCH3 is 1. The lowest BCUT2D eigenvalue weighted by Gasteiger charge is -2.27. The number of benzene rings is 1. The van der Waals surface area contributed by atoms with Crippen molar-refractivity contribution in [3.8, 4) is 23.1 Å². The molecular formula is C31H39N5O6S. The first kappa shape index (κ1) is 31.5. The van der Waals surface area contributed by atoms with Gasteiger partial charge in [0.2, 0.25) is 11.7 Å². The highest BCUT2D eigenvalue weighted by Gasteiger charge is 2.22. The fourth-order valence-corrected chi connectivity index (χ4v) is 4.82. The average Bonchev–Trinajstić information content (AvgIpc) is 3.56. The first-order chi connectivity index (χ1) is 21.1. The van der Waals surface area contributed by atoms with Crippen LogP contribution in [0.4, 0.5) is 16.6 Å². The molecule has 230 valence electrons. The number of rotatable bonds is 11. The number of thiophene rings is 1. The maximum atomic E-state index is 12.0. The molecule has 4 heterocycles. The molecule has 0 atom stereocenters. The number of nitrogens with one attached hydrogen (secondary N) is 1. The quantitative estimate of drug-likeness (QED) is 0.192. The van der Waals surface area contributed by atoms with Crippen molar-refractivity contribution in [3.05, 3.63) is 76.7 Å². The van der Waals surface area contributed by atoms with Crippen molar-refractivity contribution in [3.63, 3.8) is 0 Å². The zero-order valence-corrected chi connectivity index (χ0v) is 25.5. The van der Waals surface area contributed by atoms with Crippen LogP contribution in [0, 0.1) is 6.92 Å². The minimum absolute atomic E-state index is 0. The lowest BCUT2D eigenvalue weighted by molar-refractivity contribution is 0.121. The summed E-state index contributed by atoms with van der Waals surface area (Å²) in [4.78, 5) is 28.8. The number of aryl methyl sites for hydroxylation is 2. The number of amides is 1. The van der Waals surface area contributed by atoms with Crippen LogP contribution in [0.5, 0.6) is 23.1 Å². The van der Waals surface area contributed by atoms with Crippen molar-refractivity contribution in [1.29, 1.82) is 0 Å². The van der Waals surface area contributed by atoms with Gasteiger partial charge in [-0.3, -0.25) is 5.32 Å². The van der Waals surface area contributed by atoms with Gasteiger partial charge in [0.15, 0.2) is 11.5 Å². The second-order valence-electron chi connectivity index (χ2n) is 9.25. The fourth-order valence-electron chi connectivity index (χ4n) is 4.01. The molecule has 11 nitrogen and oxygen atoms in total. The number of hydrogen-bond acceptors (Lipinski definition) is 11. The molecule has 1 amide bonds. The number of aromatic nitrogens is 3. The summed E-state index contributed by atoms with van der Waals surface area (Å²) in [6, 6.07) is 16.7. The van der Waals surface area contributed by atoms with Crippen LogP contribution in [0.1, 0.15) is 25.3 Å². The van der Waals surface area contributed by atoms with Crippen molar-refractivity contribution in [2.24, 2.45) is 0 Å². The molecule has 0 aliphatic carbocycles. The van der Waals surface area contributed by atoms with Crippen LogP contribution >= 0.6 is 11.3 Å². The fraction of sp³-hybridized carbons (Fsp3) is 0.355. The smallest absolute Gasteiger partial charge is 0.412 e. The van der Waals surface area contributed by atoms with Gasteiger partial charge in [-0.2, -0.15) is 4.98 Å². The molecule has 1 aliphatic rings. The number of carbonyl (C=O) groups is 1. The first-order valence-corrected chi connectivity index (χ1v) is 15.0. The van der Waals surface area contributed by atoms with E-state index in [4.69, 9.17) is 23.7 Å². The Labute approximate surface area is 257 Å². The first-order valence-electron chi connectivity index (χ1n) is 14.1. The third-order valence-corrected chi connectivity index (χ3v) is 7.03. The minimum atomic E-state index is -0.634. The van der Waals surface area contributed by atoms with Gasteiger partial charge >= 0.3 is 6.09 Å². The van der Waals surface area contributed by atoms with Crippen molar-refractivity contribution in [2.75, 3.05) is 56.8 Å². The molecule has 1 fully saturated rings. The molecule has 0 unspecified atom stereocenters. The minimum Gasteiger partial charge on any atom is -0.493 e. The van der Waals surface area contributed by atoms with E-state index < -0.39 is 6.09 Å². The van der Waals surface area contributed by atoms with Crippen molar-refractivity contribution in [2.45, 2.75) is 26.7 Å². The van der Waals surface area contributed by atoms with E-state index in [0.29, 0.717) is 61.0 Å². The summed E-state index contributed by atoms with van der Waals surface area (Å²) in [6.45, 7) is 6.60. The van der Waals surface area contributed by atoms with Gasteiger partial charge in [-0.25, -0.2) is 14.8 Å². The predicted octanol–water partition coefficient (Wildman–Crippen LogP) is 6.39. The molecule has 12 heteroatoms. The van der Waals surface area contributed by atoms with Gasteiger partial charge < -0.3 is 28.6 Å². The van der Waals surface area contributed by atoms with E-state index in [-0.39, 0.29) is 20.5 Å². The Morgan fingerprint density at radius 3 is 2.53 bits per heavy atom. The largest absolute Gasteiger partial charge is 0.493 e. The molecule has 5 rings (SSSR count). The highest BCUT2D eigenvalue weighted by atomic mass is 32.1. The Morgan fingerprint density at radius 2 is 1.84 bits per heavy atom. The van der Waals surface area contributed by atoms with Crippen LogP contribution in [-0.2, 0) is 15.9 Å². The summed E-state index contributed by atoms with van der Waals surface area (Å²) < 4.78 is 28.0. The Morgan fingerprint density at radius 1 is 1.05 bits per heavy atom. The summed E-state index contributed by atoms with van der Waals surface area (Å²) in [5.74, 6) is 2.55. The third kappa shape index (κ3) is 9.83. The van der Waals surface area contributed by atoms with Crippen LogP contribution in [0.3, 0.4) is 0 Å². The zero-order chi connectivity index (χ0) is 30.3. The summed E-state index contributed by atoms with van der Waals surface area (Å²) in [7, 11) is 1.57. The molecule has 1 aliphatic heterocycles. The summed E-state index contributed by atoms with van der Waals surface area (Å²) >= 11 is 1.85. The van der Waals surface area contributed by atoms with Gasteiger partial charge in [0, 0.05) is 25.6 Å². The molecule has 0 bridgehead atoms. The van der Waals surface area contributed by atoms with Crippen LogP contribution in [0.25, 0.3) is 0 Å². The SMILES string of the molecule is CCCc1cccs1.COc1ccccc1Oc1c(C)nc(N2CCOCC2)nc1OCCOC(=O)Nc1ccccn1.[HH]. The number of morpholine rings is 1. The number of nitrogens with zero attached hydrogens (tertiary/aromatic N) is 4. The summed E-state index contributed by atoms with van der Waals surface area (Å²) in [6.07, 6.45) is 3.45. The normalized spacial score (nSPS) is 12.5. The summed E-state index contributed by atoms with van der Waals surface area (Å²) in [5.41, 5.74) is 0.594. The standard InChI is InChI=1S/C24H27N5O6.C7H10S.H2/c1-17-21(35-19-8-4-3-7-18(19)31-2)22(28-23(26-17)29-11-13-32-14-12-29)33-15-16-34-24(30)27-20-9-5-6-10-25-20;1-2-4-7-5-3-6-8-7;/h3-10H,11-16H2,1-2H3,(H,25,27,30);3,5-6H,2,4H2,1H3;1H. The highest BCUT2D eigenvalue weighted by Crippen LogP contribution is 2.38. The van der Waals surface area contributed by atoms with Gasteiger partial charge in [0.1, 0.15) is 19.0 Å². The van der Waals surface area contributed by atoms with Crippen LogP contribution in [-0.4, -0.2) is 67.7 Å². The predicted molar refractivity (Wildman–Crippen MR) is 168 cm³/mol. The summed E-state index contributed by atoms with van der Waals surface area (Å²) in [5, 5.41) is 4.68. The van der Waals surface area contributed by atoms with Gasteiger partial charge in [-0.1, -0.05) is 37.6 Å². The number of para-hydroxylation sites is 2. The average molecular weight is 610 g/mol. The maximum Gasteiger partial charge on any atom is 0.412 e. The molecule has 43 heavy (non-hydrogen) atoms. The van der Waals surface area contributed by atoms with Gasteiger partial charge in [0.25, 0.3) is 5.88 Å². The zero-order valence-electron chi connectivity index (χ0n) is 24.7. The number of ether oxygens (including phenoxy) is 5. The topological polar surface area (TPSA) is 117 Å². The molecule has 4 aromatic rings. The second kappa shape index (κ2) is 16.9. The van der Waals surface area contributed by atoms with Crippen LogP contribution in [0.2, 0.25) is 0 Å². The molecule has 1 saturated heterocycles. The number of pyridine rings is 1. The third-order valence-electron chi connectivity index (χ3n) is 6.09. The molecule has 1 aromatic carbocycles. The lowest BCUT2D eigenvalue weighted by atomic mass is 10.3. The molecule has 1 N–H and O–H groups in total. The van der Waals surface area contributed by atoms with Crippen molar-refractivity contribution >= 4 is 29.2 Å². The molecule has 0 spiro atoms. The molecule has 0 radical (unpaired) electrons. The second-order valence-corrected chi connectivity index (χ2v) is 10.3. The molecular weight excluding hydrogens is 570 g/mol. The van der Waals surface area contributed by atoms with Gasteiger partial charge in [-0.15, -0.1) is 11.3 Å². The van der Waals surface area contributed by atoms with Crippen molar-refractivity contribution in [1.82, 2.24) is 15.0 Å². The lowest BCUT2D eigenvalue weighted by Crippen LogP contribution is -2.37. The van der Waals surface area contributed by atoms with Crippen LogP contribution in [0.15, 0.2) is 66.2 Å². The van der Waals surface area contributed by atoms with E-state index in [0.717, 1.165) is 0 Å². The highest BCUT2D eigenvalue weighted by molar-refractivity contribution is 7.09. The monoisotopic (exact) mass is 609 g/mol. The number of carbonyl (C=O) groups excluding carboxylic acids is 1. The van der Waals surface area contributed by atoms with E-state index in [2.05, 4.69) is 44.7 Å².